The van der Waals surface area contributed by atoms with Gasteiger partial charge in [-0.1, -0.05) is 0 Å². The van der Waals surface area contributed by atoms with Crippen LogP contribution in [0.2, 0.25) is 0 Å². The van der Waals surface area contributed by atoms with Crippen LogP contribution in [0, 0.1) is 43.5 Å². The fourth-order valence-corrected chi connectivity index (χ4v) is 4.82. The Hall–Kier alpha value is -5.07. The van der Waals surface area contributed by atoms with Crippen LogP contribution in [-0.2, 0) is 0 Å². The summed E-state index contributed by atoms with van der Waals surface area (Å²) in [5, 5.41) is 21.0. The number of halogens is 7. The molecule has 0 radical (unpaired) electrons. The van der Waals surface area contributed by atoms with Crippen molar-refractivity contribution < 1.29 is 37.0 Å². The molecule has 0 aliphatic carbocycles. The van der Waals surface area contributed by atoms with Crippen molar-refractivity contribution >= 4 is 87.9 Å². The second-order valence-corrected chi connectivity index (χ2v) is 11.1. The van der Waals surface area contributed by atoms with E-state index in [1.54, 1.807) is 12.3 Å². The lowest BCUT2D eigenvalue weighted by Crippen LogP contribution is -2.09. The number of aromatic nitrogens is 4. The van der Waals surface area contributed by atoms with E-state index in [0.717, 1.165) is 15.5 Å². The topological polar surface area (TPSA) is 178 Å². The van der Waals surface area contributed by atoms with Gasteiger partial charge in [-0.2, -0.15) is 8.78 Å². The number of carbonyl (C=O) groups excluding carboxylic acids is 2. The van der Waals surface area contributed by atoms with Crippen molar-refractivity contribution in [3.8, 4) is 0 Å². The molecule has 12 nitrogen and oxygen atoms in total. The minimum absolute atomic E-state index is 0.0351. The predicted molar refractivity (Wildman–Crippen MR) is 167 cm³/mol. The summed E-state index contributed by atoms with van der Waals surface area (Å²) < 4.78 is 55.5. The lowest BCUT2D eigenvalue weighted by molar-refractivity contribution is -0.387. The summed E-state index contributed by atoms with van der Waals surface area (Å²) in [6.45, 7) is 0. The first-order valence-electron chi connectivity index (χ1n) is 12.4. The van der Waals surface area contributed by atoms with E-state index in [-0.39, 0.29) is 5.56 Å². The molecule has 0 spiro atoms. The number of hydrogen-bond acceptors (Lipinski definition) is 8. The van der Waals surface area contributed by atoms with Crippen LogP contribution in [0.25, 0.3) is 22.1 Å². The molecule has 240 valence electrons. The minimum Gasteiger partial charge on any atom is -0.346 e. The highest BCUT2D eigenvalue weighted by Crippen LogP contribution is 2.29. The molecule has 0 saturated heterocycles. The average Bonchev–Trinajstić information content (AvgIpc) is 3.63. The molecular formula is C28H13Br2ClF4N6O6. The number of hydrogen-bond donors (Lipinski definition) is 2. The first kappa shape index (κ1) is 34.8. The van der Waals surface area contributed by atoms with Gasteiger partial charge in [0.15, 0.2) is 0 Å². The van der Waals surface area contributed by atoms with Gasteiger partial charge < -0.3 is 9.97 Å². The second kappa shape index (κ2) is 14.6. The van der Waals surface area contributed by atoms with Gasteiger partial charge in [0.2, 0.25) is 17.4 Å². The van der Waals surface area contributed by atoms with Gasteiger partial charge in [0, 0.05) is 62.2 Å². The van der Waals surface area contributed by atoms with Crippen molar-refractivity contribution in [1.82, 2.24) is 19.9 Å². The number of nitrogens with one attached hydrogen (secondary N) is 2. The van der Waals surface area contributed by atoms with Crippen LogP contribution in [0.3, 0.4) is 0 Å². The highest BCUT2D eigenvalue weighted by molar-refractivity contribution is 9.10. The number of fused-ring (bicyclic) bond motifs is 2. The molecule has 47 heavy (non-hydrogen) atoms. The third kappa shape index (κ3) is 7.67. The molecule has 6 rings (SSSR count). The molecule has 4 aromatic heterocycles. The van der Waals surface area contributed by atoms with Gasteiger partial charge in [-0.05, 0) is 73.8 Å². The number of nitro groups is 2. The van der Waals surface area contributed by atoms with Crippen molar-refractivity contribution in [2.24, 2.45) is 0 Å². The average molecular weight is 801 g/mol. The zero-order valence-electron chi connectivity index (χ0n) is 22.7. The lowest BCUT2D eigenvalue weighted by atomic mass is 10.0. The molecule has 2 aromatic carbocycles. The van der Waals surface area contributed by atoms with E-state index in [1.165, 1.54) is 12.4 Å². The normalized spacial score (nSPS) is 10.5. The van der Waals surface area contributed by atoms with E-state index in [1.807, 2.05) is 18.3 Å². The summed E-state index contributed by atoms with van der Waals surface area (Å²) in [4.78, 5) is 55.8. The molecule has 0 aliphatic heterocycles. The van der Waals surface area contributed by atoms with Gasteiger partial charge >= 0.3 is 11.4 Å². The van der Waals surface area contributed by atoms with Gasteiger partial charge in [-0.25, -0.2) is 18.7 Å². The smallest absolute Gasteiger partial charge is 0.305 e. The largest absolute Gasteiger partial charge is 0.346 e. The summed E-state index contributed by atoms with van der Waals surface area (Å²) in [5.41, 5.74) is -2.79. The first-order valence-corrected chi connectivity index (χ1v) is 14.4. The van der Waals surface area contributed by atoms with Crippen LogP contribution in [0.15, 0.2) is 76.2 Å². The second-order valence-electron chi connectivity index (χ2n) is 8.95. The highest BCUT2D eigenvalue weighted by atomic mass is 79.9. The van der Waals surface area contributed by atoms with Crippen molar-refractivity contribution in [2.75, 3.05) is 0 Å². The minimum atomic E-state index is -1.56. The Bertz CT molecular complexity index is 2210. The number of benzene rings is 2. The van der Waals surface area contributed by atoms with Crippen LogP contribution >= 0.6 is 43.5 Å². The van der Waals surface area contributed by atoms with E-state index >= 15 is 0 Å². The quantitative estimate of drug-likeness (QED) is 0.0575. The molecule has 6 aromatic rings. The van der Waals surface area contributed by atoms with Crippen LogP contribution in [0.5, 0.6) is 0 Å². The van der Waals surface area contributed by atoms with Crippen molar-refractivity contribution in [3.63, 3.8) is 0 Å². The highest BCUT2D eigenvalue weighted by Gasteiger charge is 2.28. The molecule has 19 heteroatoms. The van der Waals surface area contributed by atoms with Crippen LogP contribution in [0.1, 0.15) is 26.3 Å². The van der Waals surface area contributed by atoms with Crippen LogP contribution in [0.4, 0.5) is 28.9 Å². The molecule has 4 heterocycles. The maximum absolute atomic E-state index is 14.2. The molecule has 2 N–H and O–H groups in total. The molecule has 0 unspecified atom stereocenters. The number of nitro benzene ring substituents is 2. The number of carbonyl (C=O) groups is 2. The Morgan fingerprint density at radius 2 is 1.30 bits per heavy atom. The van der Waals surface area contributed by atoms with Crippen molar-refractivity contribution in [1.29, 1.82) is 0 Å². The Morgan fingerprint density at radius 1 is 0.766 bits per heavy atom. The van der Waals surface area contributed by atoms with E-state index in [4.69, 9.17) is 11.6 Å². The molecule has 0 amide bonds. The van der Waals surface area contributed by atoms with E-state index in [0.29, 0.717) is 39.8 Å². The fourth-order valence-electron chi connectivity index (χ4n) is 3.97. The third-order valence-electron chi connectivity index (χ3n) is 6.07. The molecule has 0 atom stereocenters. The van der Waals surface area contributed by atoms with Gasteiger partial charge in [-0.3, -0.25) is 29.8 Å². The SMILES string of the molecule is Brc1cnc2[nH]ccc2c1.O=C(Cl)c1c(F)ccc([N+](=O)[O-])c1F.O=C(c1c(F)ccc([N+](=O)[O-])c1F)c1c[nH]c2ncc(Br)cc12. The Kier molecular flexibility index (Phi) is 10.8. The predicted octanol–water partition coefficient (Wildman–Crippen LogP) is 8.32. The number of H-pyrrole nitrogens is 2. The monoisotopic (exact) mass is 798 g/mol. The fraction of sp³-hybridized carbons (Fsp3) is 0. The zero-order valence-corrected chi connectivity index (χ0v) is 26.7. The van der Waals surface area contributed by atoms with Crippen molar-refractivity contribution in [2.45, 2.75) is 0 Å². The Labute approximate surface area is 280 Å². The summed E-state index contributed by atoms with van der Waals surface area (Å²) in [7, 11) is 0. The number of nitrogens with zero attached hydrogens (tertiary/aromatic N) is 4. The lowest BCUT2D eigenvalue weighted by Gasteiger charge is -2.04. The number of ketones is 1. The van der Waals surface area contributed by atoms with Gasteiger partial charge in [0.25, 0.3) is 5.24 Å². The van der Waals surface area contributed by atoms with Gasteiger partial charge in [0.1, 0.15) is 34.1 Å². The first-order chi connectivity index (χ1) is 22.2. The van der Waals surface area contributed by atoms with E-state index < -0.39 is 66.6 Å². The summed E-state index contributed by atoms with van der Waals surface area (Å²) in [5.74, 6) is -6.47. The molecule has 0 bridgehead atoms. The molecule has 0 saturated carbocycles. The van der Waals surface area contributed by atoms with E-state index in [9.17, 15) is 47.4 Å². The standard InChI is InChI=1S/C14H6BrF2N3O3.C7H5BrN2.C7H2ClF2NO3/c15-6-3-7-8(5-19-14(7)18-4-6)13(21)11-9(16)1-2-10(12(11)17)20(22)23;8-6-3-5-1-2-9-7(5)10-4-6;8-7(12)5-3(9)1-2-4(6(5)10)11(13)14/h1-5H,(H,18,19);1-4H,(H,9,10);1-2H. The Balaban J connectivity index is 0.000000176. The molecule has 0 fully saturated rings. The summed E-state index contributed by atoms with van der Waals surface area (Å²) in [6, 6.07) is 8.17. The maximum Gasteiger partial charge on any atom is 0.305 e. The number of rotatable bonds is 5. The Morgan fingerprint density at radius 3 is 1.87 bits per heavy atom. The number of aromatic amines is 2. The summed E-state index contributed by atoms with van der Waals surface area (Å²) in [6.07, 6.45) is 6.40. The summed E-state index contributed by atoms with van der Waals surface area (Å²) >= 11 is 11.4. The molecular weight excluding hydrogens is 788 g/mol. The van der Waals surface area contributed by atoms with Gasteiger partial charge in [0.05, 0.1) is 9.85 Å². The third-order valence-corrected chi connectivity index (χ3v) is 7.12. The van der Waals surface area contributed by atoms with Crippen LogP contribution < -0.4 is 0 Å². The van der Waals surface area contributed by atoms with E-state index in [2.05, 4.69) is 51.8 Å². The number of pyridine rings is 2. The molecule has 0 aliphatic rings. The maximum atomic E-state index is 14.2. The van der Waals surface area contributed by atoms with Crippen molar-refractivity contribution in [3.05, 3.63) is 136 Å². The zero-order chi connectivity index (χ0) is 34.6. The van der Waals surface area contributed by atoms with Gasteiger partial charge in [-0.15, -0.1) is 0 Å². The van der Waals surface area contributed by atoms with Crippen LogP contribution in [-0.4, -0.2) is 40.8 Å².